The predicted molar refractivity (Wildman–Crippen MR) is 74.5 cm³/mol. The summed E-state index contributed by atoms with van der Waals surface area (Å²) in [7, 11) is 0. The Morgan fingerprint density at radius 1 is 1.47 bits per heavy atom. The number of amides is 1. The van der Waals surface area contributed by atoms with Gasteiger partial charge in [0, 0.05) is 6.54 Å². The van der Waals surface area contributed by atoms with E-state index in [-0.39, 0.29) is 11.5 Å². The minimum Gasteiger partial charge on any atom is -0.478 e. The molecule has 19 heavy (non-hydrogen) atoms. The van der Waals surface area contributed by atoms with Gasteiger partial charge >= 0.3 is 5.97 Å². The molecule has 1 aromatic rings. The molecule has 1 fully saturated rings. The summed E-state index contributed by atoms with van der Waals surface area (Å²) in [5.41, 5.74) is 0.901. The van der Waals surface area contributed by atoms with Crippen LogP contribution in [0.5, 0.6) is 0 Å². The van der Waals surface area contributed by atoms with Crippen molar-refractivity contribution >= 4 is 35.3 Å². The third-order valence-electron chi connectivity index (χ3n) is 2.77. The maximum absolute atomic E-state index is 12.0. The molecular weight excluding hydrogens is 264 g/mol. The lowest BCUT2D eigenvalue weighted by Gasteiger charge is -2.08. The van der Waals surface area contributed by atoms with Crippen molar-refractivity contribution in [2.45, 2.75) is 6.92 Å². The molecule has 0 saturated carbocycles. The van der Waals surface area contributed by atoms with Crippen LogP contribution in [0.3, 0.4) is 0 Å². The Kier molecular flexibility index (Phi) is 3.62. The zero-order valence-electron chi connectivity index (χ0n) is 10.2. The highest BCUT2D eigenvalue weighted by molar-refractivity contribution is 7.80. The van der Waals surface area contributed by atoms with Crippen molar-refractivity contribution in [1.29, 1.82) is 0 Å². The van der Waals surface area contributed by atoms with Crippen molar-refractivity contribution in [1.82, 2.24) is 10.2 Å². The number of carbonyl (C=O) groups excluding carboxylic acids is 1. The second kappa shape index (κ2) is 5.19. The fourth-order valence-corrected chi connectivity index (χ4v) is 2.15. The lowest BCUT2D eigenvalue weighted by molar-refractivity contribution is -0.122. The molecule has 0 aromatic heterocycles. The molecule has 1 aromatic carbocycles. The summed E-state index contributed by atoms with van der Waals surface area (Å²) in [6.07, 6.45) is 1.51. The topological polar surface area (TPSA) is 69.6 Å². The van der Waals surface area contributed by atoms with Crippen LogP contribution >= 0.6 is 12.2 Å². The zero-order valence-corrected chi connectivity index (χ0v) is 11.0. The number of thiocarbonyl (C=S) groups is 1. The molecule has 2 N–H and O–H groups in total. The van der Waals surface area contributed by atoms with Crippen LogP contribution < -0.4 is 5.32 Å². The maximum Gasteiger partial charge on any atom is 0.336 e. The van der Waals surface area contributed by atoms with Crippen LogP contribution in [-0.4, -0.2) is 33.5 Å². The monoisotopic (exact) mass is 276 g/mol. The van der Waals surface area contributed by atoms with E-state index in [0.29, 0.717) is 22.9 Å². The fourth-order valence-electron chi connectivity index (χ4n) is 1.83. The first-order valence-electron chi connectivity index (χ1n) is 5.71. The quantitative estimate of drug-likeness (QED) is 0.646. The van der Waals surface area contributed by atoms with Gasteiger partial charge in [-0.2, -0.15) is 0 Å². The van der Waals surface area contributed by atoms with Gasteiger partial charge in [0.25, 0.3) is 5.91 Å². The van der Waals surface area contributed by atoms with Gasteiger partial charge in [-0.1, -0.05) is 18.2 Å². The largest absolute Gasteiger partial charge is 0.478 e. The van der Waals surface area contributed by atoms with Crippen molar-refractivity contribution < 1.29 is 14.7 Å². The fraction of sp³-hybridized carbons (Fsp3) is 0.154. The minimum absolute atomic E-state index is 0.144. The average Bonchev–Trinajstić information content (AvgIpc) is 2.64. The van der Waals surface area contributed by atoms with Crippen LogP contribution in [0.1, 0.15) is 22.8 Å². The molecule has 1 aliphatic rings. The lowest BCUT2D eigenvalue weighted by atomic mass is 10.1. The van der Waals surface area contributed by atoms with Crippen LogP contribution in [0.25, 0.3) is 6.08 Å². The van der Waals surface area contributed by atoms with Crippen LogP contribution in [0.15, 0.2) is 30.0 Å². The summed E-state index contributed by atoms with van der Waals surface area (Å²) >= 11 is 5.03. The molecule has 1 amide bonds. The van der Waals surface area contributed by atoms with E-state index in [1.165, 1.54) is 17.0 Å². The number of likely N-dealkylation sites (N-methyl/N-ethyl adjacent to an activating group) is 1. The van der Waals surface area contributed by atoms with Crippen molar-refractivity contribution in [2.75, 3.05) is 6.54 Å². The number of carbonyl (C=O) groups is 2. The van der Waals surface area contributed by atoms with Crippen molar-refractivity contribution in [3.63, 3.8) is 0 Å². The number of benzene rings is 1. The molecule has 0 unspecified atom stereocenters. The normalized spacial score (nSPS) is 16.9. The summed E-state index contributed by atoms with van der Waals surface area (Å²) in [5, 5.41) is 12.2. The van der Waals surface area contributed by atoms with Gasteiger partial charge in [0.1, 0.15) is 5.70 Å². The number of carboxylic acids is 1. The Labute approximate surface area is 115 Å². The molecule has 1 aliphatic heterocycles. The van der Waals surface area contributed by atoms with Crippen LogP contribution in [0.2, 0.25) is 0 Å². The van der Waals surface area contributed by atoms with E-state index in [1.807, 2.05) is 6.92 Å². The highest BCUT2D eigenvalue weighted by Crippen LogP contribution is 2.17. The van der Waals surface area contributed by atoms with E-state index in [4.69, 9.17) is 17.3 Å². The van der Waals surface area contributed by atoms with Gasteiger partial charge in [0.05, 0.1) is 5.56 Å². The first kappa shape index (κ1) is 13.2. The summed E-state index contributed by atoms with van der Waals surface area (Å²) in [4.78, 5) is 24.5. The Bertz CT molecular complexity index is 595. The Morgan fingerprint density at radius 2 is 2.16 bits per heavy atom. The molecule has 5 nitrogen and oxygen atoms in total. The molecule has 98 valence electrons. The Balaban J connectivity index is 2.41. The second-order valence-corrected chi connectivity index (χ2v) is 4.32. The van der Waals surface area contributed by atoms with Gasteiger partial charge in [-0.15, -0.1) is 0 Å². The van der Waals surface area contributed by atoms with Crippen molar-refractivity contribution in [2.24, 2.45) is 0 Å². The smallest absolute Gasteiger partial charge is 0.336 e. The van der Waals surface area contributed by atoms with E-state index in [1.54, 1.807) is 18.2 Å². The number of hydrogen-bond donors (Lipinski definition) is 2. The Morgan fingerprint density at radius 3 is 2.74 bits per heavy atom. The van der Waals surface area contributed by atoms with E-state index in [0.717, 1.165) is 0 Å². The van der Waals surface area contributed by atoms with Crippen molar-refractivity contribution in [3.05, 3.63) is 41.1 Å². The third-order valence-corrected chi connectivity index (χ3v) is 3.09. The number of hydrogen-bond acceptors (Lipinski definition) is 3. The van der Waals surface area contributed by atoms with Gasteiger partial charge in [-0.05, 0) is 36.8 Å². The summed E-state index contributed by atoms with van der Waals surface area (Å²) in [6.45, 7) is 2.29. The first-order valence-corrected chi connectivity index (χ1v) is 6.12. The molecule has 1 saturated heterocycles. The highest BCUT2D eigenvalue weighted by atomic mass is 32.1. The molecule has 2 rings (SSSR count). The highest BCUT2D eigenvalue weighted by Gasteiger charge is 2.29. The molecule has 0 spiro atoms. The summed E-state index contributed by atoms with van der Waals surface area (Å²) < 4.78 is 0. The van der Waals surface area contributed by atoms with Gasteiger partial charge in [-0.25, -0.2) is 4.79 Å². The van der Waals surface area contributed by atoms with Gasteiger partial charge in [0.15, 0.2) is 5.11 Å². The third kappa shape index (κ3) is 2.48. The number of carboxylic acid groups (broad SMARTS) is 1. The number of nitrogens with one attached hydrogen (secondary N) is 1. The molecule has 0 aliphatic carbocycles. The molecule has 0 bridgehead atoms. The summed E-state index contributed by atoms with van der Waals surface area (Å²) in [6, 6.07) is 6.49. The average molecular weight is 276 g/mol. The van der Waals surface area contributed by atoms with Gasteiger partial charge in [-0.3, -0.25) is 9.69 Å². The second-order valence-electron chi connectivity index (χ2n) is 3.93. The number of nitrogens with zero attached hydrogens (tertiary/aromatic N) is 1. The SMILES string of the molecule is CCN1C(=O)C(=Cc2ccccc2C(=O)O)NC1=S. The van der Waals surface area contributed by atoms with Gasteiger partial charge in [0.2, 0.25) is 0 Å². The lowest BCUT2D eigenvalue weighted by Crippen LogP contribution is -2.30. The molecule has 1 heterocycles. The Hall–Kier alpha value is -2.21. The molecule has 0 radical (unpaired) electrons. The maximum atomic E-state index is 12.0. The van der Waals surface area contributed by atoms with Gasteiger partial charge < -0.3 is 10.4 Å². The van der Waals surface area contributed by atoms with E-state index >= 15 is 0 Å². The number of aromatic carboxylic acids is 1. The summed E-state index contributed by atoms with van der Waals surface area (Å²) in [5.74, 6) is -1.28. The minimum atomic E-state index is -1.03. The van der Waals surface area contributed by atoms with E-state index in [2.05, 4.69) is 5.32 Å². The molecule has 0 atom stereocenters. The van der Waals surface area contributed by atoms with Crippen LogP contribution in [0.4, 0.5) is 0 Å². The standard InChI is InChI=1S/C13H12N2O3S/c1-2-15-11(16)10(14-13(15)19)7-8-5-3-4-6-9(8)12(17)18/h3-7H,2H2,1H3,(H,14,19)(H,17,18). The van der Waals surface area contributed by atoms with Crippen LogP contribution in [-0.2, 0) is 4.79 Å². The number of rotatable bonds is 3. The van der Waals surface area contributed by atoms with Crippen LogP contribution in [0, 0.1) is 0 Å². The zero-order chi connectivity index (χ0) is 14.0. The predicted octanol–water partition coefficient (Wildman–Crippen LogP) is 1.46. The molecular formula is C13H12N2O3S. The first-order chi connectivity index (χ1) is 9.04. The van der Waals surface area contributed by atoms with E-state index in [9.17, 15) is 9.59 Å². The van der Waals surface area contributed by atoms with Crippen molar-refractivity contribution in [3.8, 4) is 0 Å². The van der Waals surface area contributed by atoms with E-state index < -0.39 is 5.97 Å². The molecule has 6 heteroatoms.